The molecule has 0 amide bonds. The topological polar surface area (TPSA) is 68.1 Å². The van der Waals surface area contributed by atoms with E-state index in [9.17, 15) is 8.42 Å². The molecule has 1 unspecified atom stereocenters. The van der Waals surface area contributed by atoms with Crippen molar-refractivity contribution in [2.24, 2.45) is 5.92 Å². The van der Waals surface area contributed by atoms with E-state index in [4.69, 9.17) is 4.98 Å². The summed E-state index contributed by atoms with van der Waals surface area (Å²) in [5, 5.41) is 1.80. The molecule has 0 radical (unpaired) electrons. The van der Waals surface area contributed by atoms with E-state index in [1.54, 1.807) is 28.0 Å². The lowest BCUT2D eigenvalue weighted by Gasteiger charge is -2.17. The largest absolute Gasteiger partial charge is 0.326 e. The number of sulfonamides is 1. The van der Waals surface area contributed by atoms with Crippen LogP contribution in [-0.4, -0.2) is 40.3 Å². The number of hydrogen-bond acceptors (Lipinski definition) is 5. The van der Waals surface area contributed by atoms with Crippen molar-refractivity contribution >= 4 is 32.4 Å². The van der Waals surface area contributed by atoms with Gasteiger partial charge >= 0.3 is 0 Å². The third kappa shape index (κ3) is 3.06. The number of aromatic nitrogens is 3. The van der Waals surface area contributed by atoms with Crippen LogP contribution in [0.5, 0.6) is 0 Å². The molecule has 1 saturated heterocycles. The molecule has 8 heteroatoms. The second-order valence-electron chi connectivity index (χ2n) is 7.12. The Morgan fingerprint density at radius 1 is 1.35 bits per heavy atom. The maximum atomic E-state index is 12.8. The fourth-order valence-electron chi connectivity index (χ4n) is 3.55. The molecule has 26 heavy (non-hydrogen) atoms. The van der Waals surface area contributed by atoms with Crippen LogP contribution in [0, 0.1) is 5.92 Å². The Labute approximate surface area is 157 Å². The quantitative estimate of drug-likeness (QED) is 0.670. The Hall–Kier alpha value is -1.77. The molecular formula is C18H22N4O2S2. The summed E-state index contributed by atoms with van der Waals surface area (Å²) in [5.41, 5.74) is 1.95. The van der Waals surface area contributed by atoms with E-state index >= 15 is 0 Å². The number of rotatable bonds is 5. The van der Waals surface area contributed by atoms with Gasteiger partial charge < -0.3 is 4.57 Å². The Kier molecular flexibility index (Phi) is 4.58. The SMILES string of the molecule is CC(C)Cn1c(C2CCN(S(=O)(=O)c3cccs3)C2)nc2ccncc21. The lowest BCUT2D eigenvalue weighted by molar-refractivity contribution is 0.464. The molecule has 1 fully saturated rings. The van der Waals surface area contributed by atoms with E-state index in [1.807, 2.05) is 12.3 Å². The highest BCUT2D eigenvalue weighted by molar-refractivity contribution is 7.91. The molecule has 3 aromatic rings. The summed E-state index contributed by atoms with van der Waals surface area (Å²) in [4.78, 5) is 9.07. The van der Waals surface area contributed by atoms with Crippen LogP contribution in [0.3, 0.4) is 0 Å². The number of imidazole rings is 1. The van der Waals surface area contributed by atoms with Gasteiger partial charge in [-0.15, -0.1) is 11.3 Å². The van der Waals surface area contributed by atoms with Crippen molar-refractivity contribution in [2.75, 3.05) is 13.1 Å². The molecule has 138 valence electrons. The normalized spacial score (nSPS) is 19.0. The highest BCUT2D eigenvalue weighted by Crippen LogP contribution is 2.33. The molecule has 4 heterocycles. The van der Waals surface area contributed by atoms with Crippen LogP contribution < -0.4 is 0 Å². The first-order valence-corrected chi connectivity index (χ1v) is 11.1. The van der Waals surface area contributed by atoms with Crippen LogP contribution in [0.2, 0.25) is 0 Å². The molecule has 0 aliphatic carbocycles. The fraction of sp³-hybridized carbons (Fsp3) is 0.444. The highest BCUT2D eigenvalue weighted by atomic mass is 32.2. The van der Waals surface area contributed by atoms with Crippen molar-refractivity contribution < 1.29 is 8.42 Å². The van der Waals surface area contributed by atoms with Crippen LogP contribution in [0.15, 0.2) is 40.2 Å². The first kappa shape index (κ1) is 17.6. The smallest absolute Gasteiger partial charge is 0.252 e. The van der Waals surface area contributed by atoms with Gasteiger partial charge in [-0.05, 0) is 29.9 Å². The first-order valence-electron chi connectivity index (χ1n) is 8.80. The zero-order chi connectivity index (χ0) is 18.3. The van der Waals surface area contributed by atoms with Gasteiger partial charge in [-0.3, -0.25) is 4.98 Å². The Morgan fingerprint density at radius 2 is 2.19 bits per heavy atom. The van der Waals surface area contributed by atoms with E-state index in [0.717, 1.165) is 29.8 Å². The van der Waals surface area contributed by atoms with Crippen molar-refractivity contribution in [3.05, 3.63) is 41.8 Å². The standard InChI is InChI=1S/C18H22N4O2S2/c1-13(2)11-22-16-10-19-7-5-15(16)20-18(22)14-6-8-21(12-14)26(23,24)17-4-3-9-25-17/h3-5,7,9-10,13-14H,6,8,11-12H2,1-2H3. The zero-order valence-corrected chi connectivity index (χ0v) is 16.5. The Bertz CT molecular complexity index is 1010. The lowest BCUT2D eigenvalue weighted by Crippen LogP contribution is -2.28. The van der Waals surface area contributed by atoms with Crippen molar-refractivity contribution in [1.29, 1.82) is 0 Å². The number of thiophene rings is 1. The van der Waals surface area contributed by atoms with Gasteiger partial charge in [-0.25, -0.2) is 13.4 Å². The molecule has 0 spiro atoms. The molecule has 1 aliphatic heterocycles. The summed E-state index contributed by atoms with van der Waals surface area (Å²) in [5.74, 6) is 1.56. The van der Waals surface area contributed by atoms with Crippen LogP contribution >= 0.6 is 11.3 Å². The molecule has 1 atom stereocenters. The average molecular weight is 391 g/mol. The van der Waals surface area contributed by atoms with E-state index in [1.165, 1.54) is 11.3 Å². The monoisotopic (exact) mass is 390 g/mol. The second kappa shape index (κ2) is 6.75. The molecule has 1 aliphatic rings. The molecule has 4 rings (SSSR count). The van der Waals surface area contributed by atoms with Gasteiger partial charge in [0.25, 0.3) is 10.0 Å². The van der Waals surface area contributed by atoms with Crippen LogP contribution in [0.4, 0.5) is 0 Å². The summed E-state index contributed by atoms with van der Waals surface area (Å²) < 4.78 is 29.8. The second-order valence-corrected chi connectivity index (χ2v) is 10.2. The minimum absolute atomic E-state index is 0.107. The maximum Gasteiger partial charge on any atom is 0.252 e. The third-order valence-electron chi connectivity index (χ3n) is 4.73. The maximum absolute atomic E-state index is 12.8. The van der Waals surface area contributed by atoms with Gasteiger partial charge in [0.05, 0.1) is 17.2 Å². The predicted molar refractivity (Wildman–Crippen MR) is 103 cm³/mol. The predicted octanol–water partition coefficient (Wildman–Crippen LogP) is 3.33. The zero-order valence-electron chi connectivity index (χ0n) is 14.9. The summed E-state index contributed by atoms with van der Waals surface area (Å²) >= 11 is 1.27. The number of hydrogen-bond donors (Lipinski definition) is 0. The van der Waals surface area contributed by atoms with E-state index < -0.39 is 10.0 Å². The first-order chi connectivity index (χ1) is 12.5. The van der Waals surface area contributed by atoms with Crippen LogP contribution in [0.1, 0.15) is 32.0 Å². The Balaban J connectivity index is 1.67. The summed E-state index contributed by atoms with van der Waals surface area (Å²) in [6.07, 6.45) is 4.39. The average Bonchev–Trinajstić information content (AvgIpc) is 3.35. The van der Waals surface area contributed by atoms with Crippen LogP contribution in [-0.2, 0) is 16.6 Å². The fourth-order valence-corrected chi connectivity index (χ4v) is 6.20. The van der Waals surface area contributed by atoms with E-state index in [-0.39, 0.29) is 5.92 Å². The van der Waals surface area contributed by atoms with Crippen molar-refractivity contribution in [1.82, 2.24) is 18.8 Å². The number of pyridine rings is 1. The van der Waals surface area contributed by atoms with Crippen LogP contribution in [0.25, 0.3) is 11.0 Å². The molecule has 6 nitrogen and oxygen atoms in total. The van der Waals surface area contributed by atoms with Gasteiger partial charge in [-0.2, -0.15) is 4.31 Å². The molecular weight excluding hydrogens is 368 g/mol. The van der Waals surface area contributed by atoms with Crippen molar-refractivity contribution in [2.45, 2.75) is 36.9 Å². The van der Waals surface area contributed by atoms with Gasteiger partial charge in [0.15, 0.2) is 0 Å². The Morgan fingerprint density at radius 3 is 2.92 bits per heavy atom. The highest BCUT2D eigenvalue weighted by Gasteiger charge is 2.36. The summed E-state index contributed by atoms with van der Waals surface area (Å²) in [6, 6.07) is 5.37. The lowest BCUT2D eigenvalue weighted by atomic mass is 10.1. The van der Waals surface area contributed by atoms with Gasteiger partial charge in [0, 0.05) is 31.7 Å². The molecule has 0 saturated carbocycles. The minimum Gasteiger partial charge on any atom is -0.326 e. The molecule has 3 aromatic heterocycles. The minimum atomic E-state index is -3.40. The van der Waals surface area contributed by atoms with E-state index in [0.29, 0.717) is 23.2 Å². The van der Waals surface area contributed by atoms with E-state index in [2.05, 4.69) is 23.4 Å². The molecule has 0 N–H and O–H groups in total. The van der Waals surface area contributed by atoms with Crippen molar-refractivity contribution in [3.63, 3.8) is 0 Å². The van der Waals surface area contributed by atoms with Gasteiger partial charge in [-0.1, -0.05) is 19.9 Å². The summed E-state index contributed by atoms with van der Waals surface area (Å²) in [7, 11) is -3.40. The molecule has 0 aromatic carbocycles. The molecule has 0 bridgehead atoms. The summed E-state index contributed by atoms with van der Waals surface area (Å²) in [6.45, 7) is 6.22. The number of fused-ring (bicyclic) bond motifs is 1. The van der Waals surface area contributed by atoms with Crippen molar-refractivity contribution in [3.8, 4) is 0 Å². The van der Waals surface area contributed by atoms with Gasteiger partial charge in [0.2, 0.25) is 0 Å². The number of nitrogens with zero attached hydrogens (tertiary/aromatic N) is 4. The third-order valence-corrected chi connectivity index (χ3v) is 7.97. The van der Waals surface area contributed by atoms with Gasteiger partial charge in [0.1, 0.15) is 10.0 Å².